The van der Waals surface area contributed by atoms with Gasteiger partial charge in [-0.15, -0.1) is 22.7 Å². The maximum atomic E-state index is 13.9. The molecule has 0 saturated carbocycles. The molecule has 3 heterocycles. The summed E-state index contributed by atoms with van der Waals surface area (Å²) in [7, 11) is 0. The lowest BCUT2D eigenvalue weighted by molar-refractivity contribution is -0.127. The van der Waals surface area contributed by atoms with Crippen LogP contribution in [0.5, 0.6) is 0 Å². The molecule has 3 aromatic rings. The Bertz CT molecular complexity index is 1170. The highest BCUT2D eigenvalue weighted by Crippen LogP contribution is 2.33. The predicted octanol–water partition coefficient (Wildman–Crippen LogP) is 4.82. The highest BCUT2D eigenvalue weighted by molar-refractivity contribution is 8.18. The van der Waals surface area contributed by atoms with Crippen molar-refractivity contribution in [1.29, 1.82) is 0 Å². The molecule has 1 N–H and O–H groups in total. The van der Waals surface area contributed by atoms with Crippen molar-refractivity contribution in [3.8, 4) is 11.3 Å². The van der Waals surface area contributed by atoms with Gasteiger partial charge in [-0.3, -0.25) is 19.3 Å². The molecule has 0 radical (unpaired) electrons. The second-order valence-corrected chi connectivity index (χ2v) is 8.82. The lowest BCUT2D eigenvalue weighted by Crippen LogP contribution is -2.36. The van der Waals surface area contributed by atoms with E-state index in [1.54, 1.807) is 6.08 Å². The maximum Gasteiger partial charge on any atom is 0.294 e. The Morgan fingerprint density at radius 2 is 2.03 bits per heavy atom. The molecule has 6 nitrogen and oxygen atoms in total. The summed E-state index contributed by atoms with van der Waals surface area (Å²) in [5.41, 5.74) is 0.133. The molecule has 30 heavy (non-hydrogen) atoms. The standard InChI is InChI=1S/C19H11F2N3O3S3/c20-10-3-4-13(21)12(6-10)14-9-29-18(22-14)23-16(25)8-24-17(26)15(30-19(24)27)7-11-2-1-5-28-11/h1-7,9H,8H2,(H,22,23,25). The number of hydrogen-bond acceptors (Lipinski definition) is 7. The van der Waals surface area contributed by atoms with Gasteiger partial charge < -0.3 is 5.32 Å². The molecule has 0 spiro atoms. The quantitative estimate of drug-likeness (QED) is 0.549. The first-order valence-electron chi connectivity index (χ1n) is 8.40. The SMILES string of the molecule is O=C(CN1C(=O)SC(=Cc2cccs2)C1=O)Nc1nc(-c2cc(F)ccc2F)cs1. The minimum absolute atomic E-state index is 0.0311. The average Bonchev–Trinajstić information content (AvgIpc) is 3.43. The normalized spacial score (nSPS) is 15.3. The number of thioether (sulfide) groups is 1. The van der Waals surface area contributed by atoms with Crippen LogP contribution in [0.2, 0.25) is 0 Å². The topological polar surface area (TPSA) is 79.4 Å². The highest BCUT2D eigenvalue weighted by atomic mass is 32.2. The number of nitrogens with one attached hydrogen (secondary N) is 1. The summed E-state index contributed by atoms with van der Waals surface area (Å²) < 4.78 is 27.2. The number of benzene rings is 1. The first-order chi connectivity index (χ1) is 14.4. The van der Waals surface area contributed by atoms with Gasteiger partial charge in [0.1, 0.15) is 18.2 Å². The molecule has 152 valence electrons. The number of aromatic nitrogens is 1. The van der Waals surface area contributed by atoms with Crippen molar-refractivity contribution in [3.63, 3.8) is 0 Å². The van der Waals surface area contributed by atoms with Crippen LogP contribution in [-0.2, 0) is 9.59 Å². The maximum absolute atomic E-state index is 13.9. The molecule has 1 saturated heterocycles. The van der Waals surface area contributed by atoms with Crippen LogP contribution < -0.4 is 5.32 Å². The zero-order chi connectivity index (χ0) is 21.3. The van der Waals surface area contributed by atoms with Crippen LogP contribution in [-0.4, -0.2) is 33.5 Å². The molecule has 0 atom stereocenters. The van der Waals surface area contributed by atoms with Crippen molar-refractivity contribution in [2.45, 2.75) is 0 Å². The van der Waals surface area contributed by atoms with E-state index in [1.165, 1.54) is 16.7 Å². The molecule has 0 aliphatic carbocycles. The van der Waals surface area contributed by atoms with E-state index >= 15 is 0 Å². The Balaban J connectivity index is 1.43. The van der Waals surface area contributed by atoms with Crippen LogP contribution in [0.1, 0.15) is 4.88 Å². The number of imide groups is 1. The fourth-order valence-electron chi connectivity index (χ4n) is 2.59. The largest absolute Gasteiger partial charge is 0.300 e. The Labute approximate surface area is 181 Å². The summed E-state index contributed by atoms with van der Waals surface area (Å²) in [6.45, 7) is -0.477. The number of thiazole rings is 1. The van der Waals surface area contributed by atoms with Crippen LogP contribution in [0, 0.1) is 11.6 Å². The Morgan fingerprint density at radius 3 is 2.80 bits per heavy atom. The lowest BCUT2D eigenvalue weighted by atomic mass is 10.1. The van der Waals surface area contributed by atoms with Crippen molar-refractivity contribution in [2.75, 3.05) is 11.9 Å². The number of hydrogen-bond donors (Lipinski definition) is 1. The molecule has 2 aromatic heterocycles. The third kappa shape index (κ3) is 4.32. The molecule has 1 aliphatic heterocycles. The fourth-order valence-corrected chi connectivity index (χ4v) is 4.88. The Morgan fingerprint density at radius 1 is 1.20 bits per heavy atom. The predicted molar refractivity (Wildman–Crippen MR) is 113 cm³/mol. The van der Waals surface area contributed by atoms with Crippen LogP contribution in [0.25, 0.3) is 17.3 Å². The summed E-state index contributed by atoms with van der Waals surface area (Å²) in [6, 6.07) is 6.64. The van der Waals surface area contributed by atoms with Gasteiger partial charge in [-0.05, 0) is 47.5 Å². The van der Waals surface area contributed by atoms with E-state index in [9.17, 15) is 23.2 Å². The lowest BCUT2D eigenvalue weighted by Gasteiger charge is -2.11. The van der Waals surface area contributed by atoms with Crippen LogP contribution in [0.3, 0.4) is 0 Å². The van der Waals surface area contributed by atoms with Gasteiger partial charge >= 0.3 is 0 Å². The van der Waals surface area contributed by atoms with Gasteiger partial charge in [-0.25, -0.2) is 13.8 Å². The van der Waals surface area contributed by atoms with Gasteiger partial charge in [0.25, 0.3) is 11.1 Å². The molecule has 11 heteroatoms. The van der Waals surface area contributed by atoms with E-state index in [2.05, 4.69) is 10.3 Å². The van der Waals surface area contributed by atoms with Crippen molar-refractivity contribution in [1.82, 2.24) is 9.88 Å². The Kier molecular flexibility index (Phi) is 5.75. The number of carbonyl (C=O) groups excluding carboxylic acids is 3. The number of rotatable bonds is 5. The van der Waals surface area contributed by atoms with Gasteiger partial charge in [0, 0.05) is 15.8 Å². The smallest absolute Gasteiger partial charge is 0.294 e. The van der Waals surface area contributed by atoms with E-state index < -0.39 is 35.2 Å². The minimum Gasteiger partial charge on any atom is -0.300 e. The molecular weight excluding hydrogens is 452 g/mol. The molecule has 1 aliphatic rings. The highest BCUT2D eigenvalue weighted by Gasteiger charge is 2.36. The summed E-state index contributed by atoms with van der Waals surface area (Å²) in [6.07, 6.45) is 1.61. The van der Waals surface area contributed by atoms with Crippen molar-refractivity contribution < 1.29 is 23.2 Å². The second-order valence-electron chi connectivity index (χ2n) is 5.99. The van der Waals surface area contributed by atoms with E-state index in [-0.39, 0.29) is 21.3 Å². The third-order valence-corrected chi connectivity index (χ3v) is 6.43. The van der Waals surface area contributed by atoms with Gasteiger partial charge in [-0.1, -0.05) is 6.07 Å². The van der Waals surface area contributed by atoms with Crippen molar-refractivity contribution >= 4 is 62.7 Å². The summed E-state index contributed by atoms with van der Waals surface area (Å²) >= 11 is 3.21. The van der Waals surface area contributed by atoms with E-state index in [1.807, 2.05) is 17.5 Å². The van der Waals surface area contributed by atoms with Gasteiger partial charge in [-0.2, -0.15) is 0 Å². The zero-order valence-electron chi connectivity index (χ0n) is 14.9. The van der Waals surface area contributed by atoms with Crippen LogP contribution in [0.15, 0.2) is 46.0 Å². The zero-order valence-corrected chi connectivity index (χ0v) is 17.4. The van der Waals surface area contributed by atoms with Crippen molar-refractivity contribution in [2.24, 2.45) is 0 Å². The van der Waals surface area contributed by atoms with Crippen LogP contribution >= 0.6 is 34.4 Å². The fraction of sp³-hybridized carbons (Fsp3) is 0.0526. The van der Waals surface area contributed by atoms with Gasteiger partial charge in [0.05, 0.1) is 10.6 Å². The second kappa shape index (κ2) is 8.46. The number of carbonyl (C=O) groups is 3. The Hall–Kier alpha value is -2.89. The van der Waals surface area contributed by atoms with E-state index in [0.717, 1.165) is 51.1 Å². The van der Waals surface area contributed by atoms with Gasteiger partial charge in [0.15, 0.2) is 5.13 Å². The number of anilines is 1. The van der Waals surface area contributed by atoms with Crippen molar-refractivity contribution in [3.05, 3.63) is 62.5 Å². The summed E-state index contributed by atoms with van der Waals surface area (Å²) in [5.74, 6) is -2.43. The van der Waals surface area contributed by atoms with Crippen LogP contribution in [0.4, 0.5) is 18.7 Å². The minimum atomic E-state index is -0.644. The monoisotopic (exact) mass is 463 g/mol. The molecule has 0 unspecified atom stereocenters. The first kappa shape index (κ1) is 20.4. The van der Waals surface area contributed by atoms with Gasteiger partial charge in [0.2, 0.25) is 5.91 Å². The number of amides is 3. The molecule has 0 bridgehead atoms. The number of halogens is 2. The average molecular weight is 464 g/mol. The summed E-state index contributed by atoms with van der Waals surface area (Å²) in [4.78, 5) is 42.9. The number of nitrogens with zero attached hydrogens (tertiary/aromatic N) is 2. The molecule has 3 amide bonds. The molecule has 1 aromatic carbocycles. The molecular formula is C19H11F2N3O3S3. The molecule has 1 fully saturated rings. The molecule has 4 rings (SSSR count). The first-order valence-corrected chi connectivity index (χ1v) is 11.0. The van der Waals surface area contributed by atoms with E-state index in [0.29, 0.717) is 0 Å². The van der Waals surface area contributed by atoms with E-state index in [4.69, 9.17) is 0 Å². The third-order valence-electron chi connectivity index (χ3n) is 3.95. The summed E-state index contributed by atoms with van der Waals surface area (Å²) in [5, 5.41) is 5.39. The number of thiophene rings is 1.